The molecule has 48 heavy (non-hydrogen) atoms. The summed E-state index contributed by atoms with van der Waals surface area (Å²) in [5.41, 5.74) is 11.8. The average Bonchev–Trinajstić information content (AvgIpc) is 3.64. The molecule has 1 unspecified atom stereocenters. The lowest BCUT2D eigenvalue weighted by Gasteiger charge is -2.28. The van der Waals surface area contributed by atoms with Gasteiger partial charge in [0.2, 0.25) is 5.52 Å². The quantitative estimate of drug-likeness (QED) is 0.163. The number of fused-ring (bicyclic) bond motifs is 3. The van der Waals surface area contributed by atoms with E-state index < -0.39 is 0 Å². The molecule has 3 aliphatic rings. The van der Waals surface area contributed by atoms with Crippen LogP contribution in [0.2, 0.25) is 10.0 Å². The van der Waals surface area contributed by atoms with Gasteiger partial charge in [-0.15, -0.1) is 0 Å². The Bertz CT molecular complexity index is 2150. The molecule has 1 aromatic heterocycles. The standard InChI is InChI=1S/C42H37Cl2N2S2/c1-3-45-37-25-32(29-9-15-35(43)16-10-29)13-19-39(37)47-41(45)23-27-5-7-31-8-6-28(22-34(31)21-27)24-42-46(4-2)38-26-33(14-20-40(38)48-42)30-11-17-36(44)18-12-30/h9-26,31H,3-8H2,1-2H3/q+1. The van der Waals surface area contributed by atoms with E-state index in [-0.39, 0.29) is 0 Å². The lowest BCUT2D eigenvalue weighted by Crippen LogP contribution is -2.33. The van der Waals surface area contributed by atoms with Crippen molar-refractivity contribution < 1.29 is 4.57 Å². The molecule has 4 aromatic carbocycles. The van der Waals surface area contributed by atoms with Gasteiger partial charge in [-0.1, -0.05) is 94.9 Å². The molecule has 2 aliphatic carbocycles. The third-order valence-corrected chi connectivity index (χ3v) is 12.5. The molecule has 0 N–H and O–H groups in total. The molecule has 8 rings (SSSR count). The fourth-order valence-electron chi connectivity index (χ4n) is 7.27. The molecule has 6 heteroatoms. The van der Waals surface area contributed by atoms with Gasteiger partial charge in [-0.3, -0.25) is 0 Å². The van der Waals surface area contributed by atoms with Crippen molar-refractivity contribution in [2.75, 3.05) is 11.4 Å². The first-order valence-corrected chi connectivity index (χ1v) is 19.3. The molecular formula is C42H37Cl2N2S2+. The first-order valence-electron chi connectivity index (χ1n) is 16.9. The van der Waals surface area contributed by atoms with E-state index in [4.69, 9.17) is 23.2 Å². The minimum Gasteiger partial charge on any atom is -0.335 e. The lowest BCUT2D eigenvalue weighted by atomic mass is 9.77. The van der Waals surface area contributed by atoms with Gasteiger partial charge in [-0.2, -0.15) is 4.57 Å². The second-order valence-electron chi connectivity index (χ2n) is 12.7. The first-order chi connectivity index (χ1) is 23.4. The van der Waals surface area contributed by atoms with Crippen LogP contribution in [0.5, 0.6) is 0 Å². The molecule has 0 bridgehead atoms. The Balaban J connectivity index is 1.07. The number of benzene rings is 4. The number of thioether (sulfide) groups is 1. The molecule has 0 saturated carbocycles. The van der Waals surface area contributed by atoms with Gasteiger partial charge < -0.3 is 4.90 Å². The number of halogens is 2. The smallest absolute Gasteiger partial charge is 0.263 e. The molecule has 0 saturated heterocycles. The second kappa shape index (κ2) is 13.4. The molecule has 0 radical (unpaired) electrons. The maximum Gasteiger partial charge on any atom is 0.263 e. The number of nitrogens with zero attached hydrogens (tertiary/aromatic N) is 2. The zero-order chi connectivity index (χ0) is 32.8. The summed E-state index contributed by atoms with van der Waals surface area (Å²) in [6.07, 6.45) is 14.6. The summed E-state index contributed by atoms with van der Waals surface area (Å²) in [6, 6.07) is 29.9. The van der Waals surface area contributed by atoms with Gasteiger partial charge in [-0.25, -0.2) is 0 Å². The van der Waals surface area contributed by atoms with Crippen LogP contribution >= 0.6 is 46.3 Å². The van der Waals surface area contributed by atoms with Crippen LogP contribution in [0.1, 0.15) is 44.5 Å². The summed E-state index contributed by atoms with van der Waals surface area (Å²) in [6.45, 7) is 6.38. The fourth-order valence-corrected chi connectivity index (χ4v) is 9.89. The van der Waals surface area contributed by atoms with Crippen molar-refractivity contribution in [3.05, 3.63) is 140 Å². The molecule has 5 aromatic rings. The topological polar surface area (TPSA) is 7.12 Å². The number of rotatable bonds is 6. The predicted molar refractivity (Wildman–Crippen MR) is 208 cm³/mol. The molecule has 1 atom stereocenters. The highest BCUT2D eigenvalue weighted by molar-refractivity contribution is 8.03. The Hall–Kier alpha value is -3.54. The van der Waals surface area contributed by atoms with E-state index in [9.17, 15) is 0 Å². The maximum absolute atomic E-state index is 6.16. The van der Waals surface area contributed by atoms with Gasteiger partial charge in [0, 0.05) is 33.6 Å². The Kier molecular flexibility index (Phi) is 8.85. The fraction of sp³-hybridized carbons (Fsp3) is 0.214. The van der Waals surface area contributed by atoms with Crippen molar-refractivity contribution in [3.63, 3.8) is 0 Å². The molecule has 0 amide bonds. The molecule has 0 spiro atoms. The molecule has 1 aliphatic heterocycles. The van der Waals surface area contributed by atoms with Crippen molar-refractivity contribution in [2.24, 2.45) is 5.92 Å². The number of hydrogen-bond acceptors (Lipinski definition) is 3. The van der Waals surface area contributed by atoms with E-state index in [1.54, 1.807) is 0 Å². The van der Waals surface area contributed by atoms with E-state index in [1.165, 1.54) is 82.7 Å². The summed E-state index contributed by atoms with van der Waals surface area (Å²) in [5.74, 6) is 0.657. The minimum absolute atomic E-state index is 0.657. The van der Waals surface area contributed by atoms with Gasteiger partial charge in [0.25, 0.3) is 5.01 Å². The van der Waals surface area contributed by atoms with Crippen LogP contribution in [0.3, 0.4) is 0 Å². The van der Waals surface area contributed by atoms with E-state index in [0.717, 1.165) is 36.0 Å². The van der Waals surface area contributed by atoms with E-state index in [2.05, 4.69) is 108 Å². The zero-order valence-corrected chi connectivity index (χ0v) is 30.3. The van der Waals surface area contributed by atoms with E-state index in [1.807, 2.05) is 47.4 Å². The van der Waals surface area contributed by atoms with Crippen LogP contribution in [-0.2, 0) is 6.54 Å². The van der Waals surface area contributed by atoms with E-state index in [0.29, 0.717) is 5.92 Å². The Morgan fingerprint density at radius 1 is 0.771 bits per heavy atom. The third kappa shape index (κ3) is 6.20. The first kappa shape index (κ1) is 31.7. The highest BCUT2D eigenvalue weighted by atomic mass is 35.5. The van der Waals surface area contributed by atoms with Crippen LogP contribution in [-0.4, -0.2) is 6.54 Å². The summed E-state index contributed by atoms with van der Waals surface area (Å²) in [7, 11) is 0. The number of anilines is 1. The third-order valence-electron chi connectivity index (χ3n) is 9.80. The predicted octanol–water partition coefficient (Wildman–Crippen LogP) is 12.8. The molecule has 2 heterocycles. The van der Waals surface area contributed by atoms with Crippen LogP contribution in [0.25, 0.3) is 38.5 Å². The molecule has 2 nitrogen and oxygen atoms in total. The normalized spacial score (nSPS) is 19.1. The van der Waals surface area contributed by atoms with Crippen LogP contribution in [0.4, 0.5) is 5.69 Å². The zero-order valence-electron chi connectivity index (χ0n) is 27.2. The van der Waals surface area contributed by atoms with Crippen molar-refractivity contribution in [2.45, 2.75) is 51.0 Å². The summed E-state index contributed by atoms with van der Waals surface area (Å²) in [4.78, 5) is 3.79. The highest BCUT2D eigenvalue weighted by Crippen LogP contribution is 2.48. The Labute approximate surface area is 301 Å². The number of aromatic nitrogens is 1. The SMILES string of the molecule is CCN1/C(=C/C2=CC3=C/C(=C/c4sc5ccc(-c6ccc(Cl)cc6)cc5[n+]4CC)CCC3CC2)Sc2ccc(-c3ccc(Cl)cc3)cc21. The number of thiazole rings is 1. The summed E-state index contributed by atoms with van der Waals surface area (Å²) in [5, 5.41) is 4.18. The Morgan fingerprint density at radius 2 is 1.44 bits per heavy atom. The number of allylic oxidation sites excluding steroid dienone is 6. The monoisotopic (exact) mass is 703 g/mol. The molecule has 0 fully saturated rings. The average molecular weight is 705 g/mol. The Morgan fingerprint density at radius 3 is 2.15 bits per heavy atom. The van der Waals surface area contributed by atoms with Crippen molar-refractivity contribution in [1.82, 2.24) is 0 Å². The van der Waals surface area contributed by atoms with Gasteiger partial charge >= 0.3 is 0 Å². The van der Waals surface area contributed by atoms with Gasteiger partial charge in [0.15, 0.2) is 0 Å². The van der Waals surface area contributed by atoms with E-state index >= 15 is 0 Å². The number of aryl methyl sites for hydroxylation is 1. The van der Waals surface area contributed by atoms with Crippen LogP contribution in [0, 0.1) is 5.92 Å². The molecular weight excluding hydrogens is 668 g/mol. The van der Waals surface area contributed by atoms with Crippen LogP contribution < -0.4 is 9.47 Å². The van der Waals surface area contributed by atoms with Crippen molar-refractivity contribution >= 4 is 68.3 Å². The van der Waals surface area contributed by atoms with Gasteiger partial charge in [0.1, 0.15) is 11.2 Å². The van der Waals surface area contributed by atoms with Crippen molar-refractivity contribution in [3.8, 4) is 22.3 Å². The van der Waals surface area contributed by atoms with Gasteiger partial charge in [0.05, 0.1) is 10.7 Å². The minimum atomic E-state index is 0.657. The summed E-state index contributed by atoms with van der Waals surface area (Å²) < 4.78 is 3.79. The number of hydrogen-bond donors (Lipinski definition) is 0. The summed E-state index contributed by atoms with van der Waals surface area (Å²) >= 11 is 16.1. The van der Waals surface area contributed by atoms with Gasteiger partial charge in [-0.05, 0) is 133 Å². The van der Waals surface area contributed by atoms with Crippen molar-refractivity contribution in [1.29, 1.82) is 0 Å². The lowest BCUT2D eigenvalue weighted by molar-refractivity contribution is -0.665. The maximum atomic E-state index is 6.16. The highest BCUT2D eigenvalue weighted by Gasteiger charge is 2.28. The van der Waals surface area contributed by atoms with Crippen LogP contribution in [0.15, 0.2) is 130 Å². The second-order valence-corrected chi connectivity index (χ2v) is 15.7. The largest absolute Gasteiger partial charge is 0.335 e. The molecule has 240 valence electrons.